The van der Waals surface area contributed by atoms with Crippen LogP contribution in [-0.4, -0.2) is 87.0 Å². The summed E-state index contributed by atoms with van der Waals surface area (Å²) in [5, 5.41) is 2.95. The van der Waals surface area contributed by atoms with Crippen LogP contribution >= 0.6 is 0 Å². The summed E-state index contributed by atoms with van der Waals surface area (Å²) in [6, 6.07) is 12.6. The summed E-state index contributed by atoms with van der Waals surface area (Å²) in [5.74, 6) is 0.715. The van der Waals surface area contributed by atoms with Gasteiger partial charge in [0.2, 0.25) is 15.9 Å². The molecule has 1 amide bonds. The summed E-state index contributed by atoms with van der Waals surface area (Å²) in [7, 11) is -3.55. The Kier molecular flexibility index (Phi) is 7.04. The van der Waals surface area contributed by atoms with Gasteiger partial charge in [0.25, 0.3) is 0 Å². The standard InChI is InChI=1S/C22H29N5O4S/c1-18(22(28)24-19-5-3-2-4-6-19)25-9-11-26(12-10-25)21-8-7-20(17-23-21)32(29,30)27-13-15-31-16-14-27/h2-8,17-18H,9-16H2,1H3,(H,24,28). The van der Waals surface area contributed by atoms with Crippen molar-refractivity contribution in [2.24, 2.45) is 0 Å². The number of para-hydroxylation sites is 1. The van der Waals surface area contributed by atoms with E-state index in [4.69, 9.17) is 4.74 Å². The van der Waals surface area contributed by atoms with Gasteiger partial charge in [-0.1, -0.05) is 18.2 Å². The molecule has 1 aromatic heterocycles. The molecule has 32 heavy (non-hydrogen) atoms. The number of nitrogens with one attached hydrogen (secondary N) is 1. The number of rotatable bonds is 6. The average molecular weight is 460 g/mol. The highest BCUT2D eigenvalue weighted by molar-refractivity contribution is 7.89. The number of aromatic nitrogens is 1. The lowest BCUT2D eigenvalue weighted by Gasteiger charge is -2.38. The van der Waals surface area contributed by atoms with Crippen molar-refractivity contribution in [3.63, 3.8) is 0 Å². The Morgan fingerprint density at radius 2 is 1.69 bits per heavy atom. The van der Waals surface area contributed by atoms with E-state index >= 15 is 0 Å². The summed E-state index contributed by atoms with van der Waals surface area (Å²) in [6.07, 6.45) is 1.43. The van der Waals surface area contributed by atoms with E-state index in [1.54, 1.807) is 12.1 Å². The SMILES string of the molecule is CC(C(=O)Nc1ccccc1)N1CCN(c2ccc(S(=O)(=O)N3CCOCC3)cn2)CC1. The molecule has 1 atom stereocenters. The fraction of sp³-hybridized carbons (Fsp3) is 0.455. The van der Waals surface area contributed by atoms with Crippen LogP contribution in [0.25, 0.3) is 0 Å². The van der Waals surface area contributed by atoms with Gasteiger partial charge in [0.15, 0.2) is 0 Å². The maximum Gasteiger partial charge on any atom is 0.244 e. The number of ether oxygens (including phenoxy) is 1. The number of benzene rings is 1. The molecule has 2 aliphatic rings. The maximum atomic E-state index is 12.8. The second-order valence-corrected chi connectivity index (χ2v) is 9.86. The molecule has 1 aromatic carbocycles. The average Bonchev–Trinajstić information content (AvgIpc) is 2.85. The van der Waals surface area contributed by atoms with Gasteiger partial charge in [-0.3, -0.25) is 9.69 Å². The van der Waals surface area contributed by atoms with Crippen LogP contribution < -0.4 is 10.2 Å². The number of morpholine rings is 1. The van der Waals surface area contributed by atoms with Crippen LogP contribution in [0.5, 0.6) is 0 Å². The highest BCUT2D eigenvalue weighted by Gasteiger charge is 2.28. The molecular formula is C22H29N5O4S. The number of anilines is 2. The van der Waals surface area contributed by atoms with E-state index in [2.05, 4.69) is 20.1 Å². The van der Waals surface area contributed by atoms with Crippen LogP contribution in [0.2, 0.25) is 0 Å². The van der Waals surface area contributed by atoms with E-state index in [0.29, 0.717) is 39.4 Å². The number of sulfonamides is 1. The molecule has 0 aliphatic carbocycles. The van der Waals surface area contributed by atoms with Crippen molar-refractivity contribution in [3.8, 4) is 0 Å². The van der Waals surface area contributed by atoms with E-state index < -0.39 is 10.0 Å². The minimum absolute atomic E-state index is 0.0274. The number of pyridine rings is 1. The van der Waals surface area contributed by atoms with Crippen LogP contribution in [0.4, 0.5) is 11.5 Å². The molecule has 10 heteroatoms. The zero-order chi connectivity index (χ0) is 22.6. The molecule has 172 valence electrons. The molecule has 2 aliphatic heterocycles. The van der Waals surface area contributed by atoms with Gasteiger partial charge < -0.3 is 15.0 Å². The van der Waals surface area contributed by atoms with Gasteiger partial charge in [0.05, 0.1) is 19.3 Å². The number of nitrogens with zero attached hydrogens (tertiary/aromatic N) is 4. The van der Waals surface area contributed by atoms with Crippen LogP contribution in [-0.2, 0) is 19.6 Å². The fourth-order valence-electron chi connectivity index (χ4n) is 3.92. The van der Waals surface area contributed by atoms with Crippen LogP contribution in [0.3, 0.4) is 0 Å². The van der Waals surface area contributed by atoms with Gasteiger partial charge in [0.1, 0.15) is 10.7 Å². The molecule has 2 aromatic rings. The third-order valence-electron chi connectivity index (χ3n) is 5.94. The Morgan fingerprint density at radius 3 is 2.31 bits per heavy atom. The summed E-state index contributed by atoms with van der Waals surface area (Å²) in [6.45, 7) is 6.34. The quantitative estimate of drug-likeness (QED) is 0.695. The number of carbonyl (C=O) groups excluding carboxylic acids is 1. The predicted molar refractivity (Wildman–Crippen MR) is 122 cm³/mol. The lowest BCUT2D eigenvalue weighted by atomic mass is 10.2. The van der Waals surface area contributed by atoms with E-state index in [0.717, 1.165) is 24.6 Å². The molecule has 0 spiro atoms. The van der Waals surface area contributed by atoms with Crippen molar-refractivity contribution in [2.45, 2.75) is 17.9 Å². The molecule has 0 saturated carbocycles. The van der Waals surface area contributed by atoms with Gasteiger partial charge in [-0.2, -0.15) is 4.31 Å². The number of carbonyl (C=O) groups is 1. The van der Waals surface area contributed by atoms with Crippen LogP contribution in [0.1, 0.15) is 6.92 Å². The first kappa shape index (κ1) is 22.7. The second-order valence-electron chi connectivity index (χ2n) is 7.92. The minimum atomic E-state index is -3.55. The third kappa shape index (κ3) is 5.09. The van der Waals surface area contributed by atoms with Gasteiger partial charge in [-0.05, 0) is 31.2 Å². The summed E-state index contributed by atoms with van der Waals surface area (Å²) in [4.78, 5) is 21.5. The van der Waals surface area contributed by atoms with Crippen LogP contribution in [0, 0.1) is 0 Å². The molecule has 3 heterocycles. The molecule has 1 unspecified atom stereocenters. The monoisotopic (exact) mass is 459 g/mol. The zero-order valence-electron chi connectivity index (χ0n) is 18.2. The van der Waals surface area contributed by atoms with E-state index in [1.807, 2.05) is 37.3 Å². The molecule has 4 rings (SSSR count). The molecule has 0 radical (unpaired) electrons. The van der Waals surface area contributed by atoms with E-state index in [9.17, 15) is 13.2 Å². The smallest absolute Gasteiger partial charge is 0.244 e. The largest absolute Gasteiger partial charge is 0.379 e. The summed E-state index contributed by atoms with van der Waals surface area (Å²) >= 11 is 0. The Labute approximate surface area is 189 Å². The summed E-state index contributed by atoms with van der Waals surface area (Å²) in [5.41, 5.74) is 0.791. The first-order chi connectivity index (χ1) is 15.4. The van der Waals surface area contributed by atoms with E-state index in [-0.39, 0.29) is 16.8 Å². The summed E-state index contributed by atoms with van der Waals surface area (Å²) < 4.78 is 32.2. The zero-order valence-corrected chi connectivity index (χ0v) is 19.0. The topological polar surface area (TPSA) is 95.1 Å². The van der Waals surface area contributed by atoms with E-state index in [1.165, 1.54) is 10.5 Å². The number of hydrogen-bond donors (Lipinski definition) is 1. The molecule has 2 saturated heterocycles. The van der Waals surface area contributed by atoms with Crippen LogP contribution in [0.15, 0.2) is 53.6 Å². The minimum Gasteiger partial charge on any atom is -0.379 e. The molecule has 2 fully saturated rings. The molecule has 9 nitrogen and oxygen atoms in total. The third-order valence-corrected chi connectivity index (χ3v) is 7.82. The lowest BCUT2D eigenvalue weighted by molar-refractivity contribution is -0.120. The van der Waals surface area contributed by atoms with Crippen molar-refractivity contribution in [3.05, 3.63) is 48.7 Å². The van der Waals surface area contributed by atoms with Crippen molar-refractivity contribution in [1.82, 2.24) is 14.2 Å². The molecule has 1 N–H and O–H groups in total. The molecular weight excluding hydrogens is 430 g/mol. The van der Waals surface area contributed by atoms with Crippen molar-refractivity contribution < 1.29 is 17.9 Å². The number of hydrogen-bond acceptors (Lipinski definition) is 7. The lowest BCUT2D eigenvalue weighted by Crippen LogP contribution is -2.53. The first-order valence-electron chi connectivity index (χ1n) is 10.8. The predicted octanol–water partition coefficient (Wildman–Crippen LogP) is 1.25. The highest BCUT2D eigenvalue weighted by Crippen LogP contribution is 2.20. The van der Waals surface area contributed by atoms with Crippen molar-refractivity contribution in [2.75, 3.05) is 62.7 Å². The maximum absolute atomic E-state index is 12.8. The van der Waals surface area contributed by atoms with Gasteiger partial charge >= 0.3 is 0 Å². The Bertz CT molecular complexity index is 1000. The second kappa shape index (κ2) is 9.95. The van der Waals surface area contributed by atoms with Gasteiger partial charge in [-0.15, -0.1) is 0 Å². The van der Waals surface area contributed by atoms with Gasteiger partial charge in [-0.25, -0.2) is 13.4 Å². The normalized spacial score (nSPS) is 19.5. The number of piperazine rings is 1. The fourth-order valence-corrected chi connectivity index (χ4v) is 5.27. The Hall–Kier alpha value is -2.53. The Balaban J connectivity index is 1.32. The van der Waals surface area contributed by atoms with Gasteiger partial charge in [0, 0.05) is 51.2 Å². The van der Waals surface area contributed by atoms with Crippen molar-refractivity contribution in [1.29, 1.82) is 0 Å². The number of amides is 1. The Morgan fingerprint density at radius 1 is 1.00 bits per heavy atom. The highest BCUT2D eigenvalue weighted by atomic mass is 32.2. The molecule has 0 bridgehead atoms. The van der Waals surface area contributed by atoms with Crippen molar-refractivity contribution >= 4 is 27.4 Å². The first-order valence-corrected chi connectivity index (χ1v) is 12.3.